The molecule has 3 heteroatoms. The van der Waals surface area contributed by atoms with Crippen LogP contribution in [0.25, 0.3) is 17.4 Å². The second-order valence-corrected chi connectivity index (χ2v) is 5.64. The summed E-state index contributed by atoms with van der Waals surface area (Å²) in [7, 11) is 1.41. The smallest absolute Gasteiger partial charge is 0.333 e. The third-order valence-corrected chi connectivity index (χ3v) is 4.12. The number of aryl methyl sites for hydroxylation is 1. The Hall–Kier alpha value is -2.29. The number of ether oxygens (including phenoxy) is 1. The van der Waals surface area contributed by atoms with Gasteiger partial charge in [-0.2, -0.15) is 0 Å². The largest absolute Gasteiger partial charge is 0.466 e. The maximum atomic E-state index is 11.7. The lowest BCUT2D eigenvalue weighted by molar-refractivity contribution is -0.135. The summed E-state index contributed by atoms with van der Waals surface area (Å²) < 4.78 is 11.0. The zero-order valence-electron chi connectivity index (χ0n) is 13.0. The van der Waals surface area contributed by atoms with Crippen LogP contribution in [0, 0.1) is 0 Å². The van der Waals surface area contributed by atoms with E-state index in [9.17, 15) is 4.79 Å². The van der Waals surface area contributed by atoms with E-state index in [-0.39, 0.29) is 5.97 Å². The lowest BCUT2D eigenvalue weighted by Gasteiger charge is -2.09. The van der Waals surface area contributed by atoms with Crippen LogP contribution in [0.2, 0.25) is 0 Å². The maximum Gasteiger partial charge on any atom is 0.333 e. The number of hydrogen-bond acceptors (Lipinski definition) is 3. The van der Waals surface area contributed by atoms with Crippen LogP contribution >= 0.6 is 0 Å². The van der Waals surface area contributed by atoms with Crippen LogP contribution in [0.1, 0.15) is 36.7 Å². The monoisotopic (exact) mass is 296 g/mol. The molecule has 3 nitrogen and oxygen atoms in total. The first-order chi connectivity index (χ1) is 10.7. The normalized spacial score (nSPS) is 14.5. The van der Waals surface area contributed by atoms with Crippen molar-refractivity contribution >= 4 is 12.0 Å². The standard InChI is InChI=1S/C19H20O3/c1-13(19(20)21-2)12-16-15-10-6-7-11-17(15)22-18(16)14-8-4-3-5-9-14/h3-5,8-9,12H,6-7,10-11H2,1-2H3/b13-12+. The van der Waals surface area contributed by atoms with Gasteiger partial charge in [0.05, 0.1) is 7.11 Å². The Labute approximate surface area is 130 Å². The highest BCUT2D eigenvalue weighted by Gasteiger charge is 2.22. The molecule has 0 aliphatic heterocycles. The van der Waals surface area contributed by atoms with Gasteiger partial charge < -0.3 is 9.15 Å². The molecule has 0 unspecified atom stereocenters. The maximum absolute atomic E-state index is 11.7. The first-order valence-electron chi connectivity index (χ1n) is 7.67. The number of carbonyl (C=O) groups is 1. The van der Waals surface area contributed by atoms with Gasteiger partial charge in [-0.15, -0.1) is 0 Å². The van der Waals surface area contributed by atoms with Crippen molar-refractivity contribution in [2.45, 2.75) is 32.6 Å². The van der Waals surface area contributed by atoms with Crippen LogP contribution < -0.4 is 0 Å². The van der Waals surface area contributed by atoms with Crippen molar-refractivity contribution in [2.75, 3.05) is 7.11 Å². The van der Waals surface area contributed by atoms with Crippen LogP contribution in [-0.2, 0) is 22.4 Å². The van der Waals surface area contributed by atoms with Crippen molar-refractivity contribution in [1.82, 2.24) is 0 Å². The molecule has 1 aliphatic rings. The molecule has 0 N–H and O–H groups in total. The van der Waals surface area contributed by atoms with E-state index in [0.717, 1.165) is 41.9 Å². The summed E-state index contributed by atoms with van der Waals surface area (Å²) in [5, 5.41) is 0. The SMILES string of the molecule is COC(=O)/C(C)=C/c1c(-c2ccccc2)oc2c1CCCC2. The highest BCUT2D eigenvalue weighted by atomic mass is 16.5. The number of rotatable bonds is 3. The Balaban J connectivity index is 2.14. The zero-order valence-corrected chi connectivity index (χ0v) is 13.0. The number of esters is 1. The molecule has 3 rings (SSSR count). The van der Waals surface area contributed by atoms with Gasteiger partial charge in [0.1, 0.15) is 11.5 Å². The summed E-state index contributed by atoms with van der Waals surface area (Å²) in [4.78, 5) is 11.7. The van der Waals surface area contributed by atoms with E-state index in [2.05, 4.69) is 0 Å². The molecule has 1 aromatic heterocycles. The summed E-state index contributed by atoms with van der Waals surface area (Å²) >= 11 is 0. The summed E-state index contributed by atoms with van der Waals surface area (Å²) in [5.41, 5.74) is 3.91. The van der Waals surface area contributed by atoms with Gasteiger partial charge in [-0.25, -0.2) is 4.79 Å². The quantitative estimate of drug-likeness (QED) is 0.622. The van der Waals surface area contributed by atoms with E-state index in [4.69, 9.17) is 9.15 Å². The molecule has 2 aromatic rings. The fraction of sp³-hybridized carbons (Fsp3) is 0.316. The van der Waals surface area contributed by atoms with E-state index in [1.54, 1.807) is 6.92 Å². The molecule has 0 fully saturated rings. The summed E-state index contributed by atoms with van der Waals surface area (Å²) in [6.07, 6.45) is 6.21. The Morgan fingerprint density at radius 3 is 2.64 bits per heavy atom. The molecule has 0 amide bonds. The minimum atomic E-state index is -0.301. The van der Waals surface area contributed by atoms with Crippen molar-refractivity contribution in [3.8, 4) is 11.3 Å². The lowest BCUT2D eigenvalue weighted by atomic mass is 9.93. The average molecular weight is 296 g/mol. The molecule has 0 saturated heterocycles. The minimum absolute atomic E-state index is 0.301. The molecule has 1 heterocycles. The average Bonchev–Trinajstić information content (AvgIpc) is 2.93. The van der Waals surface area contributed by atoms with Crippen molar-refractivity contribution in [1.29, 1.82) is 0 Å². The van der Waals surface area contributed by atoms with Gasteiger partial charge in [-0.3, -0.25) is 0 Å². The molecular formula is C19H20O3. The lowest BCUT2D eigenvalue weighted by Crippen LogP contribution is -2.03. The van der Waals surface area contributed by atoms with Crippen LogP contribution in [0.3, 0.4) is 0 Å². The highest BCUT2D eigenvalue weighted by Crippen LogP contribution is 2.37. The van der Waals surface area contributed by atoms with Crippen molar-refractivity contribution < 1.29 is 13.9 Å². The van der Waals surface area contributed by atoms with E-state index in [0.29, 0.717) is 5.57 Å². The Kier molecular flexibility index (Phi) is 4.14. The molecule has 114 valence electrons. The molecule has 0 atom stereocenters. The van der Waals surface area contributed by atoms with Gasteiger partial charge in [-0.1, -0.05) is 30.3 Å². The fourth-order valence-corrected chi connectivity index (χ4v) is 2.98. The van der Waals surface area contributed by atoms with Gasteiger partial charge in [0.2, 0.25) is 0 Å². The topological polar surface area (TPSA) is 39.4 Å². The molecular weight excluding hydrogens is 276 g/mol. The first kappa shape index (κ1) is 14.6. The Morgan fingerprint density at radius 1 is 1.18 bits per heavy atom. The van der Waals surface area contributed by atoms with Crippen LogP contribution in [0.4, 0.5) is 0 Å². The van der Waals surface area contributed by atoms with Gasteiger partial charge in [-0.05, 0) is 32.3 Å². The summed E-state index contributed by atoms with van der Waals surface area (Å²) in [6.45, 7) is 1.78. The van der Waals surface area contributed by atoms with Gasteiger partial charge in [0, 0.05) is 28.7 Å². The second-order valence-electron chi connectivity index (χ2n) is 5.64. The number of fused-ring (bicyclic) bond motifs is 1. The highest BCUT2D eigenvalue weighted by molar-refractivity contribution is 5.94. The molecule has 0 bridgehead atoms. The van der Waals surface area contributed by atoms with E-state index in [1.165, 1.54) is 19.1 Å². The molecule has 22 heavy (non-hydrogen) atoms. The number of carbonyl (C=O) groups excluding carboxylic acids is 1. The summed E-state index contributed by atoms with van der Waals surface area (Å²) in [6, 6.07) is 10.1. The van der Waals surface area contributed by atoms with Gasteiger partial charge >= 0.3 is 5.97 Å². The van der Waals surface area contributed by atoms with Crippen LogP contribution in [0.15, 0.2) is 40.3 Å². The van der Waals surface area contributed by atoms with Gasteiger partial charge in [0.25, 0.3) is 0 Å². The van der Waals surface area contributed by atoms with E-state index in [1.807, 2.05) is 36.4 Å². The summed E-state index contributed by atoms with van der Waals surface area (Å²) in [5.74, 6) is 1.62. The number of hydrogen-bond donors (Lipinski definition) is 0. The first-order valence-corrected chi connectivity index (χ1v) is 7.67. The third kappa shape index (κ3) is 2.71. The Bertz CT molecular complexity index is 708. The molecule has 0 saturated carbocycles. The molecule has 0 radical (unpaired) electrons. The van der Waals surface area contributed by atoms with Crippen LogP contribution in [-0.4, -0.2) is 13.1 Å². The van der Waals surface area contributed by atoms with Crippen molar-refractivity contribution in [3.63, 3.8) is 0 Å². The van der Waals surface area contributed by atoms with E-state index < -0.39 is 0 Å². The minimum Gasteiger partial charge on any atom is -0.466 e. The predicted molar refractivity (Wildman–Crippen MR) is 86.5 cm³/mol. The zero-order chi connectivity index (χ0) is 15.5. The second kappa shape index (κ2) is 6.22. The van der Waals surface area contributed by atoms with E-state index >= 15 is 0 Å². The molecule has 1 aromatic carbocycles. The number of benzene rings is 1. The third-order valence-electron chi connectivity index (χ3n) is 4.12. The molecule has 1 aliphatic carbocycles. The predicted octanol–water partition coefficient (Wildman–Crippen LogP) is 4.40. The van der Waals surface area contributed by atoms with Crippen LogP contribution in [0.5, 0.6) is 0 Å². The van der Waals surface area contributed by atoms with Crippen molar-refractivity contribution in [3.05, 3.63) is 52.8 Å². The number of methoxy groups -OCH3 is 1. The fourth-order valence-electron chi connectivity index (χ4n) is 2.98. The Morgan fingerprint density at radius 2 is 1.91 bits per heavy atom. The molecule has 0 spiro atoms. The van der Waals surface area contributed by atoms with Crippen molar-refractivity contribution in [2.24, 2.45) is 0 Å². The number of furan rings is 1. The van der Waals surface area contributed by atoms with Gasteiger partial charge in [0.15, 0.2) is 0 Å².